The molecule has 0 fully saturated rings. The van der Waals surface area contributed by atoms with Crippen LogP contribution in [0.15, 0.2) is 53.1 Å². The Morgan fingerprint density at radius 3 is 2.85 bits per heavy atom. The van der Waals surface area contributed by atoms with Crippen molar-refractivity contribution in [3.05, 3.63) is 60.2 Å². The van der Waals surface area contributed by atoms with Crippen LogP contribution in [-0.4, -0.2) is 11.1 Å². The van der Waals surface area contributed by atoms with E-state index in [4.69, 9.17) is 4.42 Å². The molecule has 1 aromatic carbocycles. The Kier molecular flexibility index (Phi) is 3.88. The minimum absolute atomic E-state index is 0.806. The SMILES string of the molecule is Cc1ccc(CNCCCn2ccc3ccccc32)o1. The van der Waals surface area contributed by atoms with Gasteiger partial charge >= 0.3 is 0 Å². The molecule has 0 saturated heterocycles. The number of furan rings is 1. The highest BCUT2D eigenvalue weighted by Gasteiger charge is 2.00. The van der Waals surface area contributed by atoms with Crippen LogP contribution in [-0.2, 0) is 13.1 Å². The Hall–Kier alpha value is -2.00. The number of nitrogens with zero attached hydrogens (tertiary/aromatic N) is 1. The summed E-state index contributed by atoms with van der Waals surface area (Å²) in [5.41, 5.74) is 1.31. The molecule has 0 amide bonds. The first-order valence-corrected chi connectivity index (χ1v) is 7.13. The van der Waals surface area contributed by atoms with Crippen LogP contribution in [0.2, 0.25) is 0 Å². The molecule has 0 aliphatic carbocycles. The zero-order valence-electron chi connectivity index (χ0n) is 11.8. The number of aryl methyl sites for hydroxylation is 2. The van der Waals surface area contributed by atoms with Crippen LogP contribution in [0.5, 0.6) is 0 Å². The van der Waals surface area contributed by atoms with Gasteiger partial charge in [-0.3, -0.25) is 0 Å². The van der Waals surface area contributed by atoms with Crippen LogP contribution < -0.4 is 5.32 Å². The number of benzene rings is 1. The minimum atomic E-state index is 0.806. The molecule has 104 valence electrons. The van der Waals surface area contributed by atoms with Gasteiger partial charge in [-0.25, -0.2) is 0 Å². The van der Waals surface area contributed by atoms with Crippen molar-refractivity contribution < 1.29 is 4.42 Å². The normalized spacial score (nSPS) is 11.2. The van der Waals surface area contributed by atoms with Crippen molar-refractivity contribution in [2.24, 2.45) is 0 Å². The fraction of sp³-hybridized carbons (Fsp3) is 0.294. The van der Waals surface area contributed by atoms with Gasteiger partial charge in [-0.15, -0.1) is 0 Å². The molecule has 3 nitrogen and oxygen atoms in total. The van der Waals surface area contributed by atoms with Crippen LogP contribution >= 0.6 is 0 Å². The molecule has 0 spiro atoms. The van der Waals surface area contributed by atoms with Gasteiger partial charge < -0.3 is 14.3 Å². The predicted octanol–water partition coefficient (Wildman–Crippen LogP) is 3.72. The van der Waals surface area contributed by atoms with Crippen molar-refractivity contribution in [3.63, 3.8) is 0 Å². The van der Waals surface area contributed by atoms with Gasteiger partial charge in [0.05, 0.1) is 6.54 Å². The summed E-state index contributed by atoms with van der Waals surface area (Å²) in [5.74, 6) is 1.98. The monoisotopic (exact) mass is 268 g/mol. The maximum atomic E-state index is 5.53. The van der Waals surface area contributed by atoms with Crippen LogP contribution in [0.3, 0.4) is 0 Å². The molecule has 20 heavy (non-hydrogen) atoms. The van der Waals surface area contributed by atoms with Gasteiger partial charge in [-0.05, 0) is 49.5 Å². The van der Waals surface area contributed by atoms with E-state index in [2.05, 4.69) is 46.4 Å². The van der Waals surface area contributed by atoms with Crippen molar-refractivity contribution in [2.75, 3.05) is 6.54 Å². The third-order valence-corrected chi connectivity index (χ3v) is 3.53. The van der Waals surface area contributed by atoms with Gasteiger partial charge in [0.2, 0.25) is 0 Å². The molecular formula is C17H20N2O. The molecule has 0 saturated carbocycles. The minimum Gasteiger partial charge on any atom is -0.465 e. The molecule has 1 N–H and O–H groups in total. The molecule has 0 aliphatic rings. The highest BCUT2D eigenvalue weighted by Crippen LogP contribution is 2.15. The van der Waals surface area contributed by atoms with Gasteiger partial charge in [0.15, 0.2) is 0 Å². The molecule has 3 heteroatoms. The van der Waals surface area contributed by atoms with E-state index in [1.807, 2.05) is 19.1 Å². The molecule has 0 aliphatic heterocycles. The number of aromatic nitrogens is 1. The number of para-hydroxylation sites is 1. The summed E-state index contributed by atoms with van der Waals surface area (Å²) in [5, 5.41) is 4.73. The maximum Gasteiger partial charge on any atom is 0.117 e. The van der Waals surface area contributed by atoms with E-state index in [-0.39, 0.29) is 0 Å². The quantitative estimate of drug-likeness (QED) is 0.690. The van der Waals surface area contributed by atoms with Gasteiger partial charge in [0.25, 0.3) is 0 Å². The van der Waals surface area contributed by atoms with E-state index < -0.39 is 0 Å². The standard InChI is InChI=1S/C17H20N2O/c1-14-7-8-16(20-14)13-18-10-4-11-19-12-9-15-5-2-3-6-17(15)19/h2-3,5-9,12,18H,4,10-11,13H2,1H3. The molecule has 0 unspecified atom stereocenters. The molecule has 3 aromatic rings. The van der Waals surface area contributed by atoms with Gasteiger partial charge in [0.1, 0.15) is 11.5 Å². The molecule has 0 bridgehead atoms. The molecule has 2 aromatic heterocycles. The second-order valence-electron chi connectivity index (χ2n) is 5.11. The van der Waals surface area contributed by atoms with Crippen molar-refractivity contribution in [2.45, 2.75) is 26.4 Å². The summed E-state index contributed by atoms with van der Waals surface area (Å²) in [7, 11) is 0. The number of rotatable bonds is 6. The van der Waals surface area contributed by atoms with Crippen LogP contribution in [0.4, 0.5) is 0 Å². The number of nitrogens with one attached hydrogen (secondary N) is 1. The van der Waals surface area contributed by atoms with E-state index in [0.717, 1.165) is 37.6 Å². The van der Waals surface area contributed by atoms with Gasteiger partial charge in [0, 0.05) is 18.3 Å². The lowest BCUT2D eigenvalue weighted by Crippen LogP contribution is -2.16. The Morgan fingerprint density at radius 2 is 2.00 bits per heavy atom. The Balaban J connectivity index is 1.46. The maximum absolute atomic E-state index is 5.53. The molecular weight excluding hydrogens is 248 g/mol. The average Bonchev–Trinajstić information content (AvgIpc) is 3.05. The third kappa shape index (κ3) is 2.94. The summed E-state index contributed by atoms with van der Waals surface area (Å²) >= 11 is 0. The van der Waals surface area contributed by atoms with Crippen molar-refractivity contribution in [3.8, 4) is 0 Å². The molecule has 2 heterocycles. The second kappa shape index (κ2) is 5.97. The smallest absolute Gasteiger partial charge is 0.117 e. The lowest BCUT2D eigenvalue weighted by molar-refractivity contribution is 0.457. The molecule has 3 rings (SSSR count). The first-order chi connectivity index (χ1) is 9.83. The average molecular weight is 268 g/mol. The number of hydrogen-bond acceptors (Lipinski definition) is 2. The van der Waals surface area contributed by atoms with Crippen LogP contribution in [0.25, 0.3) is 10.9 Å². The highest BCUT2D eigenvalue weighted by atomic mass is 16.3. The lowest BCUT2D eigenvalue weighted by Gasteiger charge is -2.06. The Morgan fingerprint density at radius 1 is 1.10 bits per heavy atom. The van der Waals surface area contributed by atoms with E-state index in [1.54, 1.807) is 0 Å². The summed E-state index contributed by atoms with van der Waals surface area (Å²) < 4.78 is 7.84. The molecule has 0 atom stereocenters. The topological polar surface area (TPSA) is 30.1 Å². The number of hydrogen-bond donors (Lipinski definition) is 1. The summed E-state index contributed by atoms with van der Waals surface area (Å²) in [4.78, 5) is 0. The summed E-state index contributed by atoms with van der Waals surface area (Å²) in [6.07, 6.45) is 3.28. The fourth-order valence-corrected chi connectivity index (χ4v) is 2.50. The van der Waals surface area contributed by atoms with E-state index in [0.29, 0.717) is 0 Å². The third-order valence-electron chi connectivity index (χ3n) is 3.53. The summed E-state index contributed by atoms with van der Waals surface area (Å²) in [6, 6.07) is 14.7. The first kappa shape index (κ1) is 13.0. The van der Waals surface area contributed by atoms with Crippen LogP contribution in [0.1, 0.15) is 17.9 Å². The van der Waals surface area contributed by atoms with Crippen molar-refractivity contribution in [1.82, 2.24) is 9.88 Å². The second-order valence-corrected chi connectivity index (χ2v) is 5.11. The fourth-order valence-electron chi connectivity index (χ4n) is 2.50. The van der Waals surface area contributed by atoms with Crippen LogP contribution in [0, 0.1) is 6.92 Å². The molecule has 0 radical (unpaired) electrons. The Bertz CT molecular complexity index is 681. The van der Waals surface area contributed by atoms with Gasteiger partial charge in [-0.2, -0.15) is 0 Å². The zero-order chi connectivity index (χ0) is 13.8. The number of fused-ring (bicyclic) bond motifs is 1. The van der Waals surface area contributed by atoms with Crippen molar-refractivity contribution >= 4 is 10.9 Å². The Labute approximate surface area is 119 Å². The van der Waals surface area contributed by atoms with Gasteiger partial charge in [-0.1, -0.05) is 18.2 Å². The zero-order valence-corrected chi connectivity index (χ0v) is 11.8. The predicted molar refractivity (Wildman–Crippen MR) is 81.7 cm³/mol. The first-order valence-electron chi connectivity index (χ1n) is 7.13. The lowest BCUT2D eigenvalue weighted by atomic mass is 10.2. The van der Waals surface area contributed by atoms with E-state index in [9.17, 15) is 0 Å². The van der Waals surface area contributed by atoms with E-state index >= 15 is 0 Å². The largest absolute Gasteiger partial charge is 0.465 e. The van der Waals surface area contributed by atoms with E-state index in [1.165, 1.54) is 10.9 Å². The summed E-state index contributed by atoms with van der Waals surface area (Å²) in [6.45, 7) is 4.81. The highest BCUT2D eigenvalue weighted by molar-refractivity contribution is 5.79. The van der Waals surface area contributed by atoms with Crippen molar-refractivity contribution in [1.29, 1.82) is 0 Å².